The standard InChI is InChI=1S/C25H35NO4/c1-15-11-20-18-6-5-16-12-17(27)7-9-23(16,2)19(18)8-10-24(20,3)25(15,4)21(28)14-30-22(29)13-26/h8,12,15,18,20H,5-7,9-11,13-14,26H2,1-4H3/t15-,18?,20?,23+,24+,25-/m1/s1. The second-order valence-corrected chi connectivity index (χ2v) is 10.6. The monoisotopic (exact) mass is 413 g/mol. The van der Waals surface area contributed by atoms with Gasteiger partial charge in [0.1, 0.15) is 0 Å². The van der Waals surface area contributed by atoms with Crippen molar-refractivity contribution >= 4 is 17.5 Å². The predicted octanol–water partition coefficient (Wildman–Crippen LogP) is 3.76. The fourth-order valence-corrected chi connectivity index (χ4v) is 7.37. The minimum atomic E-state index is -0.534. The number of ketones is 2. The number of esters is 1. The fraction of sp³-hybridized carbons (Fsp3) is 0.720. The minimum absolute atomic E-state index is 0.00104. The zero-order valence-corrected chi connectivity index (χ0v) is 18.8. The van der Waals surface area contributed by atoms with Gasteiger partial charge in [0.25, 0.3) is 0 Å². The van der Waals surface area contributed by atoms with Crippen LogP contribution in [-0.4, -0.2) is 30.7 Å². The van der Waals surface area contributed by atoms with E-state index in [9.17, 15) is 14.4 Å². The smallest absolute Gasteiger partial charge is 0.320 e. The molecule has 2 N–H and O–H groups in total. The first-order valence-electron chi connectivity index (χ1n) is 11.4. The van der Waals surface area contributed by atoms with Crippen molar-refractivity contribution in [3.63, 3.8) is 0 Å². The van der Waals surface area contributed by atoms with Crippen LogP contribution in [0, 0.1) is 34.0 Å². The summed E-state index contributed by atoms with van der Waals surface area (Å²) < 4.78 is 5.14. The molecular formula is C25H35NO4. The third kappa shape index (κ3) is 2.80. The second-order valence-electron chi connectivity index (χ2n) is 10.6. The Morgan fingerprint density at radius 3 is 2.67 bits per heavy atom. The molecule has 0 spiro atoms. The van der Waals surface area contributed by atoms with Gasteiger partial charge in [-0.05, 0) is 61.3 Å². The van der Waals surface area contributed by atoms with Gasteiger partial charge >= 0.3 is 5.97 Å². The maximum absolute atomic E-state index is 13.4. The lowest BCUT2D eigenvalue weighted by atomic mass is 9.48. The van der Waals surface area contributed by atoms with Crippen LogP contribution in [0.2, 0.25) is 0 Å². The molecule has 164 valence electrons. The number of hydrogen-bond donors (Lipinski definition) is 1. The summed E-state index contributed by atoms with van der Waals surface area (Å²) in [5.41, 5.74) is 7.46. The van der Waals surface area contributed by atoms with Crippen LogP contribution in [0.15, 0.2) is 23.3 Å². The van der Waals surface area contributed by atoms with Gasteiger partial charge in [0.15, 0.2) is 18.2 Å². The van der Waals surface area contributed by atoms with Gasteiger partial charge in [-0.15, -0.1) is 0 Å². The zero-order chi connectivity index (χ0) is 21.9. The van der Waals surface area contributed by atoms with E-state index in [1.54, 1.807) is 0 Å². The van der Waals surface area contributed by atoms with Gasteiger partial charge in [0, 0.05) is 17.3 Å². The highest BCUT2D eigenvalue weighted by Crippen LogP contribution is 2.69. The van der Waals surface area contributed by atoms with Crippen LogP contribution in [0.5, 0.6) is 0 Å². The Bertz CT molecular complexity index is 857. The molecule has 0 aromatic heterocycles. The maximum atomic E-state index is 13.4. The highest BCUT2D eigenvalue weighted by molar-refractivity contribution is 5.92. The number of allylic oxidation sites excluding steroid dienone is 4. The Morgan fingerprint density at radius 1 is 1.23 bits per heavy atom. The van der Waals surface area contributed by atoms with Crippen LogP contribution < -0.4 is 5.73 Å². The Kier molecular flexibility index (Phi) is 5.12. The molecule has 0 bridgehead atoms. The highest BCUT2D eigenvalue weighted by Gasteiger charge is 2.65. The van der Waals surface area contributed by atoms with E-state index in [0.717, 1.165) is 32.1 Å². The van der Waals surface area contributed by atoms with Crippen molar-refractivity contribution in [3.8, 4) is 0 Å². The lowest BCUT2D eigenvalue weighted by molar-refractivity contribution is -0.154. The van der Waals surface area contributed by atoms with E-state index in [-0.39, 0.29) is 41.5 Å². The molecule has 0 aromatic rings. The Morgan fingerprint density at radius 2 is 1.97 bits per heavy atom. The first kappa shape index (κ1) is 21.5. The molecule has 2 saturated carbocycles. The molecule has 0 heterocycles. The normalized spacial score (nSPS) is 42.4. The molecule has 2 fully saturated rings. The van der Waals surface area contributed by atoms with Crippen LogP contribution in [0.1, 0.15) is 66.2 Å². The molecule has 4 rings (SSSR count). The van der Waals surface area contributed by atoms with Crippen molar-refractivity contribution in [2.24, 2.45) is 39.7 Å². The lowest BCUT2D eigenvalue weighted by Gasteiger charge is -2.55. The summed E-state index contributed by atoms with van der Waals surface area (Å²) >= 11 is 0. The summed E-state index contributed by atoms with van der Waals surface area (Å²) in [7, 11) is 0. The topological polar surface area (TPSA) is 86.5 Å². The minimum Gasteiger partial charge on any atom is -0.457 e. The fourth-order valence-electron chi connectivity index (χ4n) is 7.37. The molecule has 2 unspecified atom stereocenters. The highest BCUT2D eigenvalue weighted by atomic mass is 16.5. The zero-order valence-electron chi connectivity index (χ0n) is 18.8. The summed E-state index contributed by atoms with van der Waals surface area (Å²) in [5.74, 6) is 0.871. The van der Waals surface area contributed by atoms with Crippen LogP contribution >= 0.6 is 0 Å². The number of ether oxygens (including phenoxy) is 1. The summed E-state index contributed by atoms with van der Waals surface area (Å²) in [6.07, 6.45) is 9.75. The Labute approximate surface area is 179 Å². The number of rotatable bonds is 4. The van der Waals surface area contributed by atoms with Crippen LogP contribution in [0.4, 0.5) is 0 Å². The van der Waals surface area contributed by atoms with E-state index in [0.29, 0.717) is 18.3 Å². The van der Waals surface area contributed by atoms with Gasteiger partial charge in [0.2, 0.25) is 0 Å². The van der Waals surface area contributed by atoms with Gasteiger partial charge in [-0.3, -0.25) is 14.4 Å². The molecule has 4 aliphatic carbocycles. The van der Waals surface area contributed by atoms with Gasteiger partial charge in [-0.1, -0.05) is 44.9 Å². The SMILES string of the molecule is C[C@@H]1CC2C3CCC4=CC(=O)CC[C@]4(C)C3=CC[C@]2(C)[C@@]1(C)C(=O)COC(=O)CN. The molecular weight excluding hydrogens is 378 g/mol. The van der Waals surface area contributed by atoms with E-state index in [4.69, 9.17) is 10.5 Å². The molecule has 4 aliphatic rings. The molecule has 0 amide bonds. The van der Waals surface area contributed by atoms with Crippen molar-refractivity contribution in [1.29, 1.82) is 0 Å². The van der Waals surface area contributed by atoms with Crippen molar-refractivity contribution in [1.82, 2.24) is 0 Å². The van der Waals surface area contributed by atoms with Gasteiger partial charge < -0.3 is 10.5 Å². The molecule has 0 aliphatic heterocycles. The molecule has 0 saturated heterocycles. The van der Waals surface area contributed by atoms with Crippen molar-refractivity contribution in [2.45, 2.75) is 66.2 Å². The average molecular weight is 414 g/mol. The average Bonchev–Trinajstić information content (AvgIpc) is 2.93. The summed E-state index contributed by atoms with van der Waals surface area (Å²) in [4.78, 5) is 36.9. The van der Waals surface area contributed by atoms with Crippen LogP contribution in [0.25, 0.3) is 0 Å². The van der Waals surface area contributed by atoms with Crippen LogP contribution in [0.3, 0.4) is 0 Å². The second kappa shape index (κ2) is 7.15. The largest absolute Gasteiger partial charge is 0.457 e. The van der Waals surface area contributed by atoms with E-state index >= 15 is 0 Å². The Hall–Kier alpha value is -1.75. The number of carbonyl (C=O) groups excluding carboxylic acids is 3. The molecule has 5 nitrogen and oxygen atoms in total. The van der Waals surface area contributed by atoms with Gasteiger partial charge in [-0.25, -0.2) is 0 Å². The molecule has 30 heavy (non-hydrogen) atoms. The molecule has 5 heteroatoms. The first-order chi connectivity index (χ1) is 14.1. The van der Waals surface area contributed by atoms with E-state index in [1.165, 1.54) is 11.1 Å². The van der Waals surface area contributed by atoms with Gasteiger partial charge in [-0.2, -0.15) is 0 Å². The Balaban J connectivity index is 1.67. The van der Waals surface area contributed by atoms with Crippen molar-refractivity contribution in [3.05, 3.63) is 23.3 Å². The number of fused-ring (bicyclic) bond motifs is 5. The quantitative estimate of drug-likeness (QED) is 0.560. The van der Waals surface area contributed by atoms with Crippen molar-refractivity contribution < 1.29 is 19.1 Å². The predicted molar refractivity (Wildman–Crippen MR) is 114 cm³/mol. The van der Waals surface area contributed by atoms with Crippen LogP contribution in [-0.2, 0) is 19.1 Å². The summed E-state index contributed by atoms with van der Waals surface area (Å²) in [6, 6.07) is 0. The first-order valence-corrected chi connectivity index (χ1v) is 11.4. The summed E-state index contributed by atoms with van der Waals surface area (Å²) in [5, 5.41) is 0. The number of carbonyl (C=O) groups is 3. The molecule has 0 radical (unpaired) electrons. The van der Waals surface area contributed by atoms with E-state index in [2.05, 4.69) is 33.8 Å². The number of nitrogens with two attached hydrogens (primary N) is 1. The number of hydrogen-bond acceptors (Lipinski definition) is 5. The number of Topliss-reactive ketones (excluding diaryl/α,β-unsaturated/α-hetero) is 1. The molecule has 6 atom stereocenters. The third-order valence-corrected chi connectivity index (χ3v) is 9.62. The van der Waals surface area contributed by atoms with E-state index < -0.39 is 11.4 Å². The summed E-state index contributed by atoms with van der Waals surface area (Å²) in [6.45, 7) is 8.47. The van der Waals surface area contributed by atoms with Gasteiger partial charge in [0.05, 0.1) is 6.54 Å². The third-order valence-electron chi connectivity index (χ3n) is 9.62. The molecule has 0 aromatic carbocycles. The van der Waals surface area contributed by atoms with E-state index in [1.807, 2.05) is 6.08 Å². The van der Waals surface area contributed by atoms with Crippen molar-refractivity contribution in [2.75, 3.05) is 13.2 Å². The maximum Gasteiger partial charge on any atom is 0.320 e. The lowest BCUT2D eigenvalue weighted by Crippen LogP contribution is -2.51.